The fourth-order valence-electron chi connectivity index (χ4n) is 2.53. The van der Waals surface area contributed by atoms with E-state index in [0.717, 1.165) is 32.0 Å². The predicted octanol–water partition coefficient (Wildman–Crippen LogP) is 1.44. The van der Waals surface area contributed by atoms with Gasteiger partial charge in [0.1, 0.15) is 6.61 Å². The molecule has 0 bridgehead atoms. The monoisotopic (exact) mass is 216 g/mol. The summed E-state index contributed by atoms with van der Waals surface area (Å²) in [6.07, 6.45) is 2.17. The highest BCUT2D eigenvalue weighted by Crippen LogP contribution is 2.25. The number of aliphatic imine (C=N–C) groups is 1. The number of hydrogen-bond donors (Lipinski definition) is 1. The summed E-state index contributed by atoms with van der Waals surface area (Å²) in [4.78, 5) is 4.27. The lowest BCUT2D eigenvalue weighted by Crippen LogP contribution is -2.35. The molecule has 0 saturated heterocycles. The van der Waals surface area contributed by atoms with Crippen molar-refractivity contribution >= 4 is 6.02 Å². The lowest BCUT2D eigenvalue weighted by molar-refractivity contribution is 0.325. The molecule has 3 heteroatoms. The molecule has 1 unspecified atom stereocenters. The van der Waals surface area contributed by atoms with Crippen LogP contribution in [0.4, 0.5) is 0 Å². The van der Waals surface area contributed by atoms with E-state index >= 15 is 0 Å². The van der Waals surface area contributed by atoms with Crippen molar-refractivity contribution < 1.29 is 4.74 Å². The van der Waals surface area contributed by atoms with Crippen molar-refractivity contribution in [1.29, 1.82) is 0 Å². The number of aryl methyl sites for hydroxylation is 1. The molecule has 1 N–H and O–H groups in total. The lowest BCUT2D eigenvalue weighted by Gasteiger charge is -2.12. The van der Waals surface area contributed by atoms with Gasteiger partial charge in [-0.05, 0) is 36.5 Å². The maximum atomic E-state index is 5.38. The molecule has 3 rings (SSSR count). The topological polar surface area (TPSA) is 33.6 Å². The number of nitrogens with zero attached hydrogens (tertiary/aromatic N) is 1. The van der Waals surface area contributed by atoms with Gasteiger partial charge in [-0.15, -0.1) is 0 Å². The molecular weight excluding hydrogens is 200 g/mol. The molecule has 1 atom stereocenters. The highest BCUT2D eigenvalue weighted by molar-refractivity contribution is 5.75. The molecule has 84 valence electrons. The Morgan fingerprint density at radius 2 is 2.31 bits per heavy atom. The van der Waals surface area contributed by atoms with Crippen molar-refractivity contribution in [2.45, 2.75) is 25.8 Å². The third-order valence-electron chi connectivity index (χ3n) is 3.34. The summed E-state index contributed by atoms with van der Waals surface area (Å²) < 4.78 is 5.38. The van der Waals surface area contributed by atoms with Crippen LogP contribution in [-0.4, -0.2) is 25.2 Å². The Kier molecular flexibility index (Phi) is 2.31. The van der Waals surface area contributed by atoms with E-state index < -0.39 is 0 Å². The van der Waals surface area contributed by atoms with Crippen LogP contribution in [0, 0.1) is 6.92 Å². The van der Waals surface area contributed by atoms with Gasteiger partial charge in [-0.25, -0.2) is 4.99 Å². The first-order chi connectivity index (χ1) is 7.83. The van der Waals surface area contributed by atoms with Crippen molar-refractivity contribution in [3.63, 3.8) is 0 Å². The molecule has 0 spiro atoms. The van der Waals surface area contributed by atoms with Gasteiger partial charge in [0.05, 0.1) is 6.54 Å². The standard InChI is InChI=1S/C13H16N2O/c1-9-3-2-4-10-7-11(8-12(9)10)15-13-14-5-6-16-13/h2-4,11H,5-8H2,1H3,(H,14,15). The Balaban J connectivity index is 1.73. The van der Waals surface area contributed by atoms with Crippen LogP contribution in [0.2, 0.25) is 0 Å². The zero-order valence-electron chi connectivity index (χ0n) is 9.49. The summed E-state index contributed by atoms with van der Waals surface area (Å²) >= 11 is 0. The van der Waals surface area contributed by atoms with Gasteiger partial charge in [0.25, 0.3) is 6.02 Å². The van der Waals surface area contributed by atoms with Gasteiger partial charge in [-0.3, -0.25) is 0 Å². The van der Waals surface area contributed by atoms with E-state index in [1.165, 1.54) is 16.7 Å². The Morgan fingerprint density at radius 1 is 1.38 bits per heavy atom. The SMILES string of the molecule is Cc1cccc2c1CC(NC1=NCCO1)C2. The van der Waals surface area contributed by atoms with Crippen LogP contribution in [0.5, 0.6) is 0 Å². The number of fused-ring (bicyclic) bond motifs is 1. The zero-order valence-corrected chi connectivity index (χ0v) is 9.49. The predicted molar refractivity (Wildman–Crippen MR) is 63.8 cm³/mol. The smallest absolute Gasteiger partial charge is 0.285 e. The molecule has 0 radical (unpaired) electrons. The molecule has 1 heterocycles. The zero-order chi connectivity index (χ0) is 11.0. The fraction of sp³-hybridized carbons (Fsp3) is 0.462. The van der Waals surface area contributed by atoms with Gasteiger partial charge in [0.15, 0.2) is 0 Å². The summed E-state index contributed by atoms with van der Waals surface area (Å²) in [5.41, 5.74) is 4.37. The second kappa shape index (κ2) is 3.81. The number of rotatable bonds is 1. The second-order valence-electron chi connectivity index (χ2n) is 4.50. The Hall–Kier alpha value is -1.51. The first kappa shape index (κ1) is 9.70. The lowest BCUT2D eigenvalue weighted by atomic mass is 10.1. The Bertz CT molecular complexity index is 440. The minimum absolute atomic E-state index is 0.452. The van der Waals surface area contributed by atoms with Crippen molar-refractivity contribution in [1.82, 2.24) is 5.32 Å². The molecule has 0 aromatic heterocycles. The van der Waals surface area contributed by atoms with E-state index in [4.69, 9.17) is 4.74 Å². The summed E-state index contributed by atoms with van der Waals surface area (Å²) in [5, 5.41) is 3.38. The second-order valence-corrected chi connectivity index (χ2v) is 4.50. The number of amidine groups is 1. The van der Waals surface area contributed by atoms with Crippen LogP contribution in [-0.2, 0) is 17.6 Å². The first-order valence-corrected chi connectivity index (χ1v) is 5.84. The number of hydrogen-bond acceptors (Lipinski definition) is 3. The van der Waals surface area contributed by atoms with Crippen LogP contribution in [0.25, 0.3) is 0 Å². The minimum atomic E-state index is 0.452. The number of nitrogens with one attached hydrogen (secondary N) is 1. The fourth-order valence-corrected chi connectivity index (χ4v) is 2.53. The van der Waals surface area contributed by atoms with Crippen LogP contribution in [0.3, 0.4) is 0 Å². The molecule has 1 aromatic rings. The molecule has 3 nitrogen and oxygen atoms in total. The van der Waals surface area contributed by atoms with Crippen molar-refractivity contribution in [3.05, 3.63) is 34.9 Å². The molecule has 0 saturated carbocycles. The summed E-state index contributed by atoms with van der Waals surface area (Å²) in [6.45, 7) is 3.70. The third kappa shape index (κ3) is 1.66. The number of ether oxygens (including phenoxy) is 1. The van der Waals surface area contributed by atoms with Crippen molar-refractivity contribution in [3.8, 4) is 0 Å². The molecule has 0 fully saturated rings. The van der Waals surface area contributed by atoms with Gasteiger partial charge >= 0.3 is 0 Å². The maximum Gasteiger partial charge on any atom is 0.285 e. The average Bonchev–Trinajstić information content (AvgIpc) is 2.88. The molecular formula is C13H16N2O. The Morgan fingerprint density at radius 3 is 3.06 bits per heavy atom. The molecule has 1 aliphatic carbocycles. The molecule has 1 aliphatic heterocycles. The van der Waals surface area contributed by atoms with Gasteiger partial charge in [-0.2, -0.15) is 0 Å². The summed E-state index contributed by atoms with van der Waals surface area (Å²) in [7, 11) is 0. The summed E-state index contributed by atoms with van der Waals surface area (Å²) in [6, 6.07) is 7.73. The minimum Gasteiger partial charge on any atom is -0.463 e. The molecule has 2 aliphatic rings. The molecule has 0 amide bonds. The summed E-state index contributed by atoms with van der Waals surface area (Å²) in [5.74, 6) is 0. The van der Waals surface area contributed by atoms with E-state index in [1.54, 1.807) is 0 Å². The molecule has 1 aromatic carbocycles. The third-order valence-corrected chi connectivity index (χ3v) is 3.34. The first-order valence-electron chi connectivity index (χ1n) is 5.84. The molecule has 16 heavy (non-hydrogen) atoms. The van der Waals surface area contributed by atoms with Crippen LogP contribution >= 0.6 is 0 Å². The van der Waals surface area contributed by atoms with Gasteiger partial charge in [0.2, 0.25) is 0 Å². The van der Waals surface area contributed by atoms with E-state index in [-0.39, 0.29) is 0 Å². The van der Waals surface area contributed by atoms with E-state index in [0.29, 0.717) is 6.04 Å². The highest BCUT2D eigenvalue weighted by Gasteiger charge is 2.24. The van der Waals surface area contributed by atoms with E-state index in [2.05, 4.69) is 35.4 Å². The van der Waals surface area contributed by atoms with Crippen LogP contribution < -0.4 is 5.32 Å². The highest BCUT2D eigenvalue weighted by atomic mass is 16.5. The number of benzene rings is 1. The van der Waals surface area contributed by atoms with E-state index in [9.17, 15) is 0 Å². The largest absolute Gasteiger partial charge is 0.463 e. The maximum absolute atomic E-state index is 5.38. The van der Waals surface area contributed by atoms with Crippen molar-refractivity contribution in [2.24, 2.45) is 4.99 Å². The van der Waals surface area contributed by atoms with Gasteiger partial charge < -0.3 is 10.1 Å². The normalized spacial score (nSPS) is 22.6. The van der Waals surface area contributed by atoms with Crippen molar-refractivity contribution in [2.75, 3.05) is 13.2 Å². The van der Waals surface area contributed by atoms with Gasteiger partial charge in [0, 0.05) is 6.04 Å². The quantitative estimate of drug-likeness (QED) is 0.770. The van der Waals surface area contributed by atoms with E-state index in [1.807, 2.05) is 0 Å². The van der Waals surface area contributed by atoms with Gasteiger partial charge in [-0.1, -0.05) is 18.2 Å². The van der Waals surface area contributed by atoms with Crippen LogP contribution in [0.1, 0.15) is 16.7 Å². The average molecular weight is 216 g/mol. The Labute approximate surface area is 95.5 Å². The van der Waals surface area contributed by atoms with Crippen LogP contribution in [0.15, 0.2) is 23.2 Å².